The lowest BCUT2D eigenvalue weighted by atomic mass is 9.47. The number of nitrogens with two attached hydrogens (primary N) is 1. The number of aromatic amines is 2. The van der Waals surface area contributed by atoms with Crippen LogP contribution in [0.4, 0.5) is 17.3 Å². The van der Waals surface area contributed by atoms with Crippen molar-refractivity contribution in [3.63, 3.8) is 0 Å². The number of para-hydroxylation sites is 1. The Morgan fingerprint density at radius 2 is 1.49 bits per heavy atom. The molecule has 6 aliphatic rings. The summed E-state index contributed by atoms with van der Waals surface area (Å²) in [6.07, 6.45) is 12.8. The number of nitrogens with zero attached hydrogens (tertiary/aromatic N) is 11. The van der Waals surface area contributed by atoms with Crippen molar-refractivity contribution in [2.75, 3.05) is 161 Å². The van der Waals surface area contributed by atoms with E-state index in [0.29, 0.717) is 183 Å². The molecule has 1 unspecified atom stereocenters. The van der Waals surface area contributed by atoms with Crippen LogP contribution in [0.1, 0.15) is 115 Å². The lowest BCUT2D eigenvalue weighted by Crippen LogP contribution is -2.81. The SMILES string of the molecule is CC[C@]1(O)C[C@H]2CN(CCc3c([nH]c4ccccc34)[C@@](C(=O)OC)(c3cc4c(cc3OC)N(C)[C@H]3[C@@](O)(C(=O)NCCC[Si](C)(C)O[Si](C)(C)CSc5ncc(Cn6cc(COCCOCCOCCOCCOCCOCCNC(=O)CC[C@H](NC(=O)c7ccc(NCc8cnc9nc(N)[nH]c(=O)c9n8)cc7)C(=O)O)nn6)cn5)[C@H](O)[C@]5(CC)C=CCN6CC[C@]43[C@@H]65)C2)C1. The van der Waals surface area contributed by atoms with Gasteiger partial charge in [-0.25, -0.2) is 29.4 Å². The molecule has 8 aromatic rings. The number of piperidine rings is 1. The molecule has 10 heterocycles. The number of likely N-dealkylation sites (N-methyl/N-ethyl adjacent to an activating group) is 1. The van der Waals surface area contributed by atoms with Crippen molar-refractivity contribution in [1.82, 2.24) is 75.6 Å². The minimum atomic E-state index is -2.35. The number of carbonyl (C=O) groups excluding carboxylic acids is 4. The first-order valence-electron chi connectivity index (χ1n) is 44.8. The van der Waals surface area contributed by atoms with E-state index in [-0.39, 0.29) is 86.9 Å². The van der Waals surface area contributed by atoms with E-state index in [9.17, 15) is 39.6 Å². The number of amides is 3. The van der Waals surface area contributed by atoms with E-state index in [1.165, 1.54) is 25.4 Å². The fourth-order valence-corrected chi connectivity index (χ4v) is 30.9. The number of benzene rings is 3. The Kier molecular flexibility index (Phi) is 31.1. The van der Waals surface area contributed by atoms with Gasteiger partial charge in [-0.05, 0) is 144 Å². The van der Waals surface area contributed by atoms with Crippen LogP contribution in [0, 0.1) is 11.3 Å². The molecule has 702 valence electrons. The predicted molar refractivity (Wildman–Crippen MR) is 490 cm³/mol. The first kappa shape index (κ1) is 96.3. The zero-order valence-electron chi connectivity index (χ0n) is 75.6. The van der Waals surface area contributed by atoms with Crippen LogP contribution in [0.25, 0.3) is 22.1 Å². The van der Waals surface area contributed by atoms with Crippen LogP contribution >= 0.6 is 11.8 Å². The lowest BCUT2D eigenvalue weighted by molar-refractivity contribution is -0.203. The van der Waals surface area contributed by atoms with Crippen LogP contribution in [-0.2, 0) is 93.4 Å². The predicted octanol–water partition coefficient (Wildman–Crippen LogP) is 5.54. The van der Waals surface area contributed by atoms with Crippen molar-refractivity contribution < 1.29 is 86.4 Å². The second-order valence-corrected chi connectivity index (χ2v) is 46.1. The monoisotopic (exact) mass is 1850 g/mol. The Morgan fingerprint density at radius 3 is 2.18 bits per heavy atom. The molecule has 5 aromatic heterocycles. The molecule has 37 nitrogen and oxygen atoms in total. The number of H-pyrrole nitrogens is 2. The van der Waals surface area contributed by atoms with Gasteiger partial charge in [0.2, 0.25) is 11.9 Å². The van der Waals surface area contributed by atoms with Gasteiger partial charge in [-0.1, -0.05) is 61.2 Å². The number of esters is 1. The standard InChI is InChI=1S/C90H124N18O19SSi2/c1-10-86(117)46-58-47-89(83(116)120-5,74-65(24-30-106(52-58)56-86)64-16-12-13-17-68(64)99-74)67-44-66-70(45-71(67)119-4)105(3)80-88(66)26-31-107-29-14-25-87(11-2,79(88)107)81(114)90(80,118)82(115)93-27-15-43-129(6,7)127-130(8,9)57-128-85-96-48-59(49-97-85)53-108-54-63(103-104-108)55-126-42-41-125-40-39-124-38-37-123-36-35-122-34-33-121-32-28-92-72(109)23-22-69(78(112)113)100-76(110)60-18-20-61(21-19-60)94-50-62-51-95-75-73(98-62)77(111)102-84(91)101-75/h12-14,16-21,25,44-45,48-49,51,54,58,69,79-81,94,99,114,117-118H,10-11,15,22-24,26-43,46-47,50,52-53,55-57H2,1-9H3,(H,92,109)(H,93,115)(H,100,110)(H,112,113)(H3,91,95,101,102,111)/t58-,69+,79+,80-,81-,86+,87-,88-,89+,90+/m1/s1. The molecule has 2 bridgehead atoms. The number of aromatic nitrogens is 10. The molecule has 0 radical (unpaired) electrons. The van der Waals surface area contributed by atoms with E-state index in [4.69, 9.17) is 47.7 Å². The number of hydrogen-bond donors (Lipinski definition) is 11. The van der Waals surface area contributed by atoms with Crippen LogP contribution in [0.2, 0.25) is 32.2 Å². The number of rotatable bonds is 46. The molecule has 5 aliphatic heterocycles. The van der Waals surface area contributed by atoms with Gasteiger partial charge in [0.15, 0.2) is 38.6 Å². The number of aliphatic carboxylic acids is 1. The third-order valence-corrected chi connectivity index (χ3v) is 36.0. The number of fused-ring (bicyclic) bond motifs is 7. The van der Waals surface area contributed by atoms with Gasteiger partial charge in [0.25, 0.3) is 17.4 Å². The highest BCUT2D eigenvalue weighted by molar-refractivity contribution is 8.00. The quantitative estimate of drug-likeness (QED) is 0.00557. The summed E-state index contributed by atoms with van der Waals surface area (Å²) < 4.78 is 55.1. The minimum absolute atomic E-state index is 0.0437. The molecule has 2 saturated heterocycles. The lowest BCUT2D eigenvalue weighted by Gasteiger charge is -2.63. The Hall–Kier alpha value is -9.77. The Bertz CT molecular complexity index is 5390. The Morgan fingerprint density at radius 1 is 0.785 bits per heavy atom. The average molecular weight is 1850 g/mol. The number of thioether (sulfide) groups is 1. The number of carbonyl (C=O) groups is 5. The Balaban J connectivity index is 0.459. The molecular formula is C90H124N18O19SSi2. The van der Waals surface area contributed by atoms with Crippen LogP contribution < -0.4 is 42.2 Å². The molecule has 1 aliphatic carbocycles. The van der Waals surface area contributed by atoms with Gasteiger partial charge in [0.05, 0.1) is 136 Å². The van der Waals surface area contributed by atoms with E-state index in [0.717, 1.165) is 45.0 Å². The Labute approximate surface area is 761 Å². The highest BCUT2D eigenvalue weighted by Gasteiger charge is 2.79. The van der Waals surface area contributed by atoms with E-state index < -0.39 is 97.5 Å². The molecule has 1 saturated carbocycles. The molecule has 11 atom stereocenters. The van der Waals surface area contributed by atoms with Crippen LogP contribution in [0.15, 0.2) is 108 Å². The van der Waals surface area contributed by atoms with Crippen LogP contribution in [0.5, 0.6) is 5.75 Å². The molecule has 1 spiro atoms. The smallest absolute Gasteiger partial charge is 0.326 e. The minimum Gasteiger partial charge on any atom is -0.496 e. The van der Waals surface area contributed by atoms with Crippen LogP contribution in [-0.4, -0.2) is 307 Å². The maximum absolute atomic E-state index is 15.7. The first-order valence-corrected chi connectivity index (χ1v) is 52.1. The summed E-state index contributed by atoms with van der Waals surface area (Å²) in [4.78, 5) is 116. The molecule has 12 N–H and O–H groups in total. The number of aliphatic hydroxyl groups is 3. The van der Waals surface area contributed by atoms with Gasteiger partial charge in [0, 0.05) is 138 Å². The number of nitrogens with one attached hydrogen (secondary N) is 6. The van der Waals surface area contributed by atoms with Crippen LogP contribution in [0.3, 0.4) is 0 Å². The third-order valence-electron chi connectivity index (χ3n) is 26.2. The summed E-state index contributed by atoms with van der Waals surface area (Å²) in [6, 6.07) is 16.7. The number of nitrogen functional groups attached to an aromatic ring is 1. The summed E-state index contributed by atoms with van der Waals surface area (Å²) in [6.45, 7) is 21.2. The molecule has 14 rings (SSSR count). The maximum Gasteiger partial charge on any atom is 0.326 e. The fourth-order valence-electron chi connectivity index (χ4n) is 20.5. The first-order chi connectivity index (χ1) is 62.5. The van der Waals surface area contributed by atoms with Gasteiger partial charge in [-0.2, -0.15) is 4.98 Å². The topological polar surface area (TPSA) is 477 Å². The van der Waals surface area contributed by atoms with Crippen molar-refractivity contribution in [2.45, 2.75) is 175 Å². The van der Waals surface area contributed by atoms with Crippen molar-refractivity contribution in [1.29, 1.82) is 0 Å². The number of methoxy groups -OCH3 is 2. The maximum atomic E-state index is 15.7. The molecule has 3 fully saturated rings. The number of ether oxygens (including phenoxy) is 8. The second-order valence-electron chi connectivity index (χ2n) is 36.0. The zero-order chi connectivity index (χ0) is 92.2. The normalized spacial score (nSPS) is 23.7. The van der Waals surface area contributed by atoms with Gasteiger partial charge in [0.1, 0.15) is 29.0 Å². The summed E-state index contributed by atoms with van der Waals surface area (Å²) in [5.74, 6) is -3.12. The summed E-state index contributed by atoms with van der Waals surface area (Å²) in [5.41, 5.74) is 6.21. The molecule has 130 heavy (non-hydrogen) atoms. The van der Waals surface area contributed by atoms with E-state index in [2.05, 4.69) is 127 Å². The molecular weight excluding hydrogens is 1730 g/mol. The van der Waals surface area contributed by atoms with Gasteiger partial charge >= 0.3 is 11.9 Å². The van der Waals surface area contributed by atoms with Gasteiger partial charge < -0.3 is 99.3 Å². The van der Waals surface area contributed by atoms with E-state index in [1.807, 2.05) is 56.3 Å². The largest absolute Gasteiger partial charge is 0.496 e. The van der Waals surface area contributed by atoms with Crippen molar-refractivity contribution >= 4 is 97.4 Å². The zero-order valence-corrected chi connectivity index (χ0v) is 78.4. The average Bonchev–Trinajstić information content (AvgIpc) is 1.49. The van der Waals surface area contributed by atoms with Crippen molar-refractivity contribution in [3.8, 4) is 5.75 Å². The van der Waals surface area contributed by atoms with Crippen molar-refractivity contribution in [3.05, 3.63) is 153 Å². The fraction of sp³-hybridized carbons (Fsp3) is 0.567. The number of carboxylic acid groups (broad SMARTS) is 1. The number of carboxylic acids is 1. The number of aliphatic hydroxyl groups excluding tert-OH is 1. The molecule has 3 aromatic carbocycles. The van der Waals surface area contributed by atoms with Gasteiger partial charge in [-0.15, -0.1) is 5.10 Å². The van der Waals surface area contributed by atoms with E-state index in [1.54, 1.807) is 48.1 Å². The third kappa shape index (κ3) is 21.1. The highest BCUT2D eigenvalue weighted by atomic mass is 32.2. The van der Waals surface area contributed by atoms with Gasteiger partial charge in [-0.3, -0.25) is 38.8 Å². The summed E-state index contributed by atoms with van der Waals surface area (Å²) in [7, 11) is 0.311. The number of anilines is 3. The molecule has 3 amide bonds. The molecule has 40 heteroatoms. The summed E-state index contributed by atoms with van der Waals surface area (Å²) >= 11 is 1.57. The number of hydrogen-bond acceptors (Lipinski definition) is 31. The van der Waals surface area contributed by atoms with Crippen molar-refractivity contribution in [2.24, 2.45) is 11.3 Å². The second kappa shape index (κ2) is 42.0. The highest BCUT2D eigenvalue weighted by Crippen LogP contribution is 2.68. The van der Waals surface area contributed by atoms with E-state index >= 15 is 9.59 Å². The summed E-state index contributed by atoms with van der Waals surface area (Å²) in [5, 5.41) is 71.5.